The fraction of sp³-hybridized carbons (Fsp3) is 0.857. The number of hydrogen-bond donors (Lipinski definition) is 5. The predicted molar refractivity (Wildman–Crippen MR) is 49.7 cm³/mol. The lowest BCUT2D eigenvalue weighted by atomic mass is 9.97. The summed E-state index contributed by atoms with van der Waals surface area (Å²) in [5.41, 5.74) is 4.99. The SMILES string of the molecule is NC(=O)[C@@H]1O[C@H](CO)[C@@H](O)[C@H](O)[C@@H]1S. The maximum Gasteiger partial charge on any atom is 0.247 e. The van der Waals surface area contributed by atoms with Gasteiger partial charge in [-0.05, 0) is 0 Å². The molecule has 0 unspecified atom stereocenters. The quantitative estimate of drug-likeness (QED) is 0.326. The number of amides is 1. The Morgan fingerprint density at radius 3 is 2.43 bits per heavy atom. The Bertz CT molecular complexity index is 224. The molecule has 0 spiro atoms. The molecule has 6 nitrogen and oxygen atoms in total. The molecule has 5 N–H and O–H groups in total. The fourth-order valence-corrected chi connectivity index (χ4v) is 1.73. The summed E-state index contributed by atoms with van der Waals surface area (Å²) in [4.78, 5) is 10.9. The second-order valence-electron chi connectivity index (χ2n) is 3.15. The number of nitrogens with two attached hydrogens (primary N) is 1. The normalized spacial score (nSPS) is 43.6. The van der Waals surface area contributed by atoms with Gasteiger partial charge in [-0.25, -0.2) is 0 Å². The zero-order valence-electron chi connectivity index (χ0n) is 7.28. The highest BCUT2D eigenvalue weighted by Crippen LogP contribution is 2.24. The van der Waals surface area contributed by atoms with E-state index in [9.17, 15) is 15.0 Å². The molecule has 1 aliphatic rings. The van der Waals surface area contributed by atoms with Gasteiger partial charge < -0.3 is 25.8 Å². The summed E-state index contributed by atoms with van der Waals surface area (Å²) in [5.74, 6) is -0.783. The number of aliphatic hydroxyl groups excluding tert-OH is 3. The van der Waals surface area contributed by atoms with Crippen LogP contribution in [-0.4, -0.2) is 57.5 Å². The number of ether oxygens (including phenoxy) is 1. The predicted octanol–water partition coefficient (Wildman–Crippen LogP) is -2.75. The lowest BCUT2D eigenvalue weighted by Gasteiger charge is -2.38. The van der Waals surface area contributed by atoms with Gasteiger partial charge in [-0.3, -0.25) is 4.79 Å². The van der Waals surface area contributed by atoms with Gasteiger partial charge in [0.15, 0.2) is 6.10 Å². The van der Waals surface area contributed by atoms with E-state index in [-0.39, 0.29) is 0 Å². The first-order valence-electron chi connectivity index (χ1n) is 4.09. The zero-order chi connectivity index (χ0) is 10.9. The number of hydrogen-bond acceptors (Lipinski definition) is 6. The first kappa shape index (κ1) is 11.7. The molecule has 7 heteroatoms. The van der Waals surface area contributed by atoms with Gasteiger partial charge in [0.05, 0.1) is 18.0 Å². The standard InChI is InChI=1S/C7H13NO5S/c8-7(12)5-6(14)4(11)3(10)2(1-9)13-5/h2-6,9-11,14H,1H2,(H2,8,12)/t2-,3-,4+,5-,6+/m1/s1. The summed E-state index contributed by atoms with van der Waals surface area (Å²) >= 11 is 3.91. The molecule has 1 saturated heterocycles. The highest BCUT2D eigenvalue weighted by atomic mass is 32.1. The van der Waals surface area contributed by atoms with Crippen molar-refractivity contribution >= 4 is 18.5 Å². The molecule has 0 aromatic rings. The maximum atomic E-state index is 10.9. The second kappa shape index (κ2) is 4.45. The Morgan fingerprint density at radius 2 is 2.00 bits per heavy atom. The molecule has 0 radical (unpaired) electrons. The molecule has 0 aromatic heterocycles. The molecule has 0 aromatic carbocycles. The number of aliphatic hydroxyl groups is 3. The van der Waals surface area contributed by atoms with Crippen molar-refractivity contribution in [1.82, 2.24) is 0 Å². The number of carbonyl (C=O) groups is 1. The minimum atomic E-state index is -1.27. The van der Waals surface area contributed by atoms with Crippen LogP contribution < -0.4 is 5.73 Å². The van der Waals surface area contributed by atoms with Crippen LogP contribution in [-0.2, 0) is 9.53 Å². The van der Waals surface area contributed by atoms with Crippen molar-refractivity contribution in [3.05, 3.63) is 0 Å². The Morgan fingerprint density at radius 1 is 1.43 bits per heavy atom. The van der Waals surface area contributed by atoms with E-state index in [4.69, 9.17) is 15.6 Å². The van der Waals surface area contributed by atoms with Crippen LogP contribution in [0, 0.1) is 0 Å². The van der Waals surface area contributed by atoms with Crippen LogP contribution in [0.4, 0.5) is 0 Å². The highest BCUT2D eigenvalue weighted by molar-refractivity contribution is 7.81. The van der Waals surface area contributed by atoms with Crippen LogP contribution in [0.5, 0.6) is 0 Å². The largest absolute Gasteiger partial charge is 0.394 e. The molecule has 5 atom stereocenters. The van der Waals surface area contributed by atoms with Crippen LogP contribution in [0.2, 0.25) is 0 Å². The number of primary amides is 1. The molecule has 1 fully saturated rings. The van der Waals surface area contributed by atoms with Crippen molar-refractivity contribution in [1.29, 1.82) is 0 Å². The summed E-state index contributed by atoms with van der Waals surface area (Å²) < 4.78 is 4.98. The van der Waals surface area contributed by atoms with Crippen LogP contribution >= 0.6 is 12.6 Å². The summed E-state index contributed by atoms with van der Waals surface area (Å²) in [5, 5.41) is 26.7. The van der Waals surface area contributed by atoms with Gasteiger partial charge in [-0.2, -0.15) is 12.6 Å². The van der Waals surface area contributed by atoms with Gasteiger partial charge in [0.1, 0.15) is 12.2 Å². The fourth-order valence-electron chi connectivity index (χ4n) is 1.34. The van der Waals surface area contributed by atoms with Crippen LogP contribution in [0.1, 0.15) is 0 Å². The van der Waals surface area contributed by atoms with E-state index in [0.717, 1.165) is 0 Å². The third-order valence-corrected chi connectivity index (χ3v) is 2.75. The van der Waals surface area contributed by atoms with Crippen molar-refractivity contribution in [3.8, 4) is 0 Å². The van der Waals surface area contributed by atoms with Gasteiger partial charge in [-0.1, -0.05) is 0 Å². The topological polar surface area (TPSA) is 113 Å². The van der Waals surface area contributed by atoms with E-state index in [0.29, 0.717) is 0 Å². The molecule has 1 heterocycles. The molecular weight excluding hydrogens is 210 g/mol. The Labute approximate surface area is 86.1 Å². The summed E-state index contributed by atoms with van der Waals surface area (Å²) in [6.07, 6.45) is -4.63. The molecule has 1 rings (SSSR count). The average Bonchev–Trinajstić information content (AvgIpc) is 2.14. The Hall–Kier alpha value is -0.340. The lowest BCUT2D eigenvalue weighted by Crippen LogP contribution is -2.59. The molecular formula is C7H13NO5S. The highest BCUT2D eigenvalue weighted by Gasteiger charge is 2.44. The second-order valence-corrected chi connectivity index (χ2v) is 3.75. The van der Waals surface area contributed by atoms with Gasteiger partial charge >= 0.3 is 0 Å². The zero-order valence-corrected chi connectivity index (χ0v) is 8.17. The Kier molecular flexibility index (Phi) is 3.73. The lowest BCUT2D eigenvalue weighted by molar-refractivity contribution is -0.181. The minimum Gasteiger partial charge on any atom is -0.394 e. The summed E-state index contributed by atoms with van der Waals surface area (Å²) in [7, 11) is 0. The number of rotatable bonds is 2. The van der Waals surface area contributed by atoms with Crippen molar-refractivity contribution in [3.63, 3.8) is 0 Å². The van der Waals surface area contributed by atoms with Gasteiger partial charge in [0.2, 0.25) is 5.91 Å². The van der Waals surface area contributed by atoms with Crippen molar-refractivity contribution in [2.45, 2.75) is 29.7 Å². The molecule has 1 amide bonds. The number of carbonyl (C=O) groups excluding carboxylic acids is 1. The average molecular weight is 223 g/mol. The number of thiol groups is 1. The van der Waals surface area contributed by atoms with Crippen LogP contribution in [0.3, 0.4) is 0 Å². The molecule has 0 saturated carbocycles. The van der Waals surface area contributed by atoms with Crippen molar-refractivity contribution in [2.75, 3.05) is 6.61 Å². The van der Waals surface area contributed by atoms with Crippen LogP contribution in [0.15, 0.2) is 0 Å². The first-order chi connectivity index (χ1) is 6.49. The molecule has 0 aliphatic carbocycles. The third-order valence-electron chi connectivity index (χ3n) is 2.17. The van der Waals surface area contributed by atoms with E-state index < -0.39 is 42.2 Å². The summed E-state index contributed by atoms with van der Waals surface area (Å²) in [6.45, 7) is -0.498. The van der Waals surface area contributed by atoms with Crippen LogP contribution in [0.25, 0.3) is 0 Å². The van der Waals surface area contributed by atoms with Gasteiger partial charge in [0, 0.05) is 0 Å². The maximum absolute atomic E-state index is 10.9. The summed E-state index contributed by atoms with van der Waals surface area (Å²) in [6, 6.07) is 0. The van der Waals surface area contributed by atoms with E-state index in [2.05, 4.69) is 12.6 Å². The Balaban J connectivity index is 2.78. The molecule has 14 heavy (non-hydrogen) atoms. The van der Waals surface area contributed by atoms with Gasteiger partial charge in [0.25, 0.3) is 0 Å². The van der Waals surface area contributed by atoms with E-state index in [1.54, 1.807) is 0 Å². The molecule has 0 bridgehead atoms. The monoisotopic (exact) mass is 223 g/mol. The molecule has 1 aliphatic heterocycles. The van der Waals surface area contributed by atoms with Crippen molar-refractivity contribution in [2.24, 2.45) is 5.73 Å². The van der Waals surface area contributed by atoms with Crippen molar-refractivity contribution < 1.29 is 24.9 Å². The smallest absolute Gasteiger partial charge is 0.247 e. The minimum absolute atomic E-state index is 0.498. The van der Waals surface area contributed by atoms with E-state index in [1.165, 1.54) is 0 Å². The van der Waals surface area contributed by atoms with Gasteiger partial charge in [-0.15, -0.1) is 0 Å². The van der Waals surface area contributed by atoms with E-state index in [1.807, 2.05) is 0 Å². The first-order valence-corrected chi connectivity index (χ1v) is 4.60. The molecule has 82 valence electrons. The third kappa shape index (κ3) is 2.01. The van der Waals surface area contributed by atoms with E-state index >= 15 is 0 Å².